The number of rotatable bonds is 10. The molecular formula is C29H32ClN3O2. The lowest BCUT2D eigenvalue weighted by atomic mass is 10.1. The summed E-state index contributed by atoms with van der Waals surface area (Å²) in [4.78, 5) is 17.5. The predicted molar refractivity (Wildman–Crippen MR) is 142 cm³/mol. The summed E-state index contributed by atoms with van der Waals surface area (Å²) in [6.07, 6.45) is 1.97. The van der Waals surface area contributed by atoms with Crippen LogP contribution in [0.2, 0.25) is 5.02 Å². The molecule has 0 spiro atoms. The molecule has 1 heterocycles. The van der Waals surface area contributed by atoms with E-state index in [-0.39, 0.29) is 11.9 Å². The molecule has 4 rings (SSSR count). The summed E-state index contributed by atoms with van der Waals surface area (Å²) >= 11 is 6.27. The first-order chi connectivity index (χ1) is 16.9. The fourth-order valence-electron chi connectivity index (χ4n) is 4.34. The molecule has 0 aliphatic heterocycles. The third-order valence-electron chi connectivity index (χ3n) is 6.14. The molecule has 5 nitrogen and oxygen atoms in total. The Labute approximate surface area is 212 Å². The van der Waals surface area contributed by atoms with Gasteiger partial charge in [0, 0.05) is 18.0 Å². The fraction of sp³-hybridized carbons (Fsp3) is 0.310. The standard InChI is InChI=1S/C29H32ClN3O2/c1-20-18-24(19-21(2)28(20)30)35-17-9-16-33-26-13-8-7-12-25(26)32-29(33)22(3)31-27(34)15-14-23-10-5-4-6-11-23/h4-8,10-13,18-19,22H,9,14-17H2,1-3H3,(H,31,34). The molecule has 1 aromatic heterocycles. The van der Waals surface area contributed by atoms with Gasteiger partial charge in [0.15, 0.2) is 0 Å². The molecule has 1 atom stereocenters. The number of imidazole rings is 1. The molecule has 3 aromatic carbocycles. The summed E-state index contributed by atoms with van der Waals surface area (Å²) in [5.74, 6) is 1.72. The van der Waals surface area contributed by atoms with Crippen LogP contribution in [0.25, 0.3) is 11.0 Å². The van der Waals surface area contributed by atoms with Crippen molar-refractivity contribution in [1.82, 2.24) is 14.9 Å². The summed E-state index contributed by atoms with van der Waals surface area (Å²) in [6, 6.07) is 21.9. The van der Waals surface area contributed by atoms with Crippen molar-refractivity contribution in [2.45, 2.75) is 52.6 Å². The van der Waals surface area contributed by atoms with E-state index in [1.54, 1.807) is 0 Å². The number of nitrogens with one attached hydrogen (secondary N) is 1. The molecule has 0 bridgehead atoms. The predicted octanol–water partition coefficient (Wildman–Crippen LogP) is 6.59. The maximum Gasteiger partial charge on any atom is 0.220 e. The molecule has 0 radical (unpaired) electrons. The Kier molecular flexibility index (Phi) is 8.09. The largest absolute Gasteiger partial charge is 0.494 e. The number of ether oxygens (including phenoxy) is 1. The van der Waals surface area contributed by atoms with Crippen molar-refractivity contribution in [3.8, 4) is 5.75 Å². The second kappa shape index (κ2) is 11.4. The van der Waals surface area contributed by atoms with E-state index in [1.807, 2.05) is 81.4 Å². The van der Waals surface area contributed by atoms with Crippen LogP contribution in [0.3, 0.4) is 0 Å². The van der Waals surface area contributed by atoms with Crippen LogP contribution in [0.4, 0.5) is 0 Å². The highest BCUT2D eigenvalue weighted by atomic mass is 35.5. The minimum Gasteiger partial charge on any atom is -0.494 e. The molecular weight excluding hydrogens is 458 g/mol. The molecule has 35 heavy (non-hydrogen) atoms. The van der Waals surface area contributed by atoms with Gasteiger partial charge in [-0.15, -0.1) is 0 Å². The first-order valence-electron chi connectivity index (χ1n) is 12.1. The summed E-state index contributed by atoms with van der Waals surface area (Å²) < 4.78 is 8.20. The zero-order valence-corrected chi connectivity index (χ0v) is 21.3. The Morgan fingerprint density at radius 1 is 1.06 bits per heavy atom. The smallest absolute Gasteiger partial charge is 0.220 e. The monoisotopic (exact) mass is 489 g/mol. The van der Waals surface area contributed by atoms with Gasteiger partial charge < -0.3 is 14.6 Å². The number of nitrogens with zero attached hydrogens (tertiary/aromatic N) is 2. The number of carbonyl (C=O) groups excluding carboxylic acids is 1. The zero-order chi connectivity index (χ0) is 24.8. The Morgan fingerprint density at radius 2 is 1.74 bits per heavy atom. The van der Waals surface area contributed by atoms with E-state index in [1.165, 1.54) is 0 Å². The van der Waals surface area contributed by atoms with Gasteiger partial charge in [0.05, 0.1) is 23.7 Å². The minimum atomic E-state index is -0.201. The summed E-state index contributed by atoms with van der Waals surface area (Å²) in [6.45, 7) is 7.28. The van der Waals surface area contributed by atoms with Crippen LogP contribution < -0.4 is 10.1 Å². The molecule has 6 heteroatoms. The lowest BCUT2D eigenvalue weighted by Gasteiger charge is -2.17. The normalized spacial score (nSPS) is 12.0. The molecule has 4 aromatic rings. The van der Waals surface area contributed by atoms with Gasteiger partial charge in [0.2, 0.25) is 5.91 Å². The van der Waals surface area contributed by atoms with Crippen LogP contribution in [0.1, 0.15) is 48.3 Å². The van der Waals surface area contributed by atoms with Gasteiger partial charge in [-0.05, 0) is 74.6 Å². The van der Waals surface area contributed by atoms with E-state index in [0.29, 0.717) is 13.0 Å². The van der Waals surface area contributed by atoms with Crippen LogP contribution >= 0.6 is 11.6 Å². The number of halogens is 1. The number of aryl methyl sites for hydroxylation is 4. The number of para-hydroxylation sites is 2. The highest BCUT2D eigenvalue weighted by molar-refractivity contribution is 6.32. The Bertz CT molecular complexity index is 1280. The van der Waals surface area contributed by atoms with Crippen LogP contribution in [-0.4, -0.2) is 22.1 Å². The highest BCUT2D eigenvalue weighted by Crippen LogP contribution is 2.26. The number of benzene rings is 3. The van der Waals surface area contributed by atoms with E-state index in [9.17, 15) is 4.79 Å². The second-order valence-electron chi connectivity index (χ2n) is 8.96. The van der Waals surface area contributed by atoms with Crippen LogP contribution in [0.15, 0.2) is 66.7 Å². The number of carbonyl (C=O) groups is 1. The SMILES string of the molecule is Cc1cc(OCCCn2c(C(C)NC(=O)CCc3ccccc3)nc3ccccc32)cc(C)c1Cl. The van der Waals surface area contributed by atoms with Crippen molar-refractivity contribution < 1.29 is 9.53 Å². The highest BCUT2D eigenvalue weighted by Gasteiger charge is 2.18. The van der Waals surface area contributed by atoms with Gasteiger partial charge in [0.1, 0.15) is 11.6 Å². The van der Waals surface area contributed by atoms with Gasteiger partial charge in [-0.25, -0.2) is 4.98 Å². The van der Waals surface area contributed by atoms with Crippen molar-refractivity contribution in [2.24, 2.45) is 0 Å². The number of aromatic nitrogens is 2. The summed E-state index contributed by atoms with van der Waals surface area (Å²) in [7, 11) is 0. The average molecular weight is 490 g/mol. The lowest BCUT2D eigenvalue weighted by Crippen LogP contribution is -2.29. The number of amides is 1. The molecule has 0 fully saturated rings. The summed E-state index contributed by atoms with van der Waals surface area (Å²) in [5, 5.41) is 3.92. The van der Waals surface area contributed by atoms with Crippen molar-refractivity contribution in [3.05, 3.63) is 94.3 Å². The van der Waals surface area contributed by atoms with Gasteiger partial charge >= 0.3 is 0 Å². The topological polar surface area (TPSA) is 56.1 Å². The molecule has 1 amide bonds. The van der Waals surface area contributed by atoms with Crippen molar-refractivity contribution >= 4 is 28.5 Å². The molecule has 1 N–H and O–H groups in total. The fourth-order valence-corrected chi connectivity index (χ4v) is 4.45. The maximum atomic E-state index is 12.6. The average Bonchev–Trinajstić information content (AvgIpc) is 3.23. The number of hydrogen-bond donors (Lipinski definition) is 1. The van der Waals surface area contributed by atoms with Gasteiger partial charge in [-0.2, -0.15) is 0 Å². The molecule has 0 aliphatic rings. The Morgan fingerprint density at radius 3 is 2.49 bits per heavy atom. The zero-order valence-electron chi connectivity index (χ0n) is 20.6. The van der Waals surface area contributed by atoms with Gasteiger partial charge in [-0.1, -0.05) is 54.1 Å². The van der Waals surface area contributed by atoms with E-state index >= 15 is 0 Å². The number of fused-ring (bicyclic) bond motifs is 1. The molecule has 182 valence electrons. The van der Waals surface area contributed by atoms with Crippen LogP contribution in [0.5, 0.6) is 5.75 Å². The first-order valence-corrected chi connectivity index (χ1v) is 12.5. The molecule has 1 unspecified atom stereocenters. The quantitative estimate of drug-likeness (QED) is 0.256. The van der Waals surface area contributed by atoms with Crippen molar-refractivity contribution in [1.29, 1.82) is 0 Å². The van der Waals surface area contributed by atoms with Gasteiger partial charge in [0.25, 0.3) is 0 Å². The Hall–Kier alpha value is -3.31. The van der Waals surface area contributed by atoms with E-state index in [4.69, 9.17) is 21.3 Å². The third-order valence-corrected chi connectivity index (χ3v) is 6.73. The minimum absolute atomic E-state index is 0.0248. The maximum absolute atomic E-state index is 12.6. The van der Waals surface area contributed by atoms with E-state index in [0.717, 1.165) is 63.7 Å². The molecule has 0 aliphatic carbocycles. The second-order valence-corrected chi connectivity index (χ2v) is 9.34. The van der Waals surface area contributed by atoms with Crippen molar-refractivity contribution in [2.75, 3.05) is 6.61 Å². The first kappa shape index (κ1) is 24.8. The van der Waals surface area contributed by atoms with E-state index < -0.39 is 0 Å². The Balaban J connectivity index is 1.40. The molecule has 0 saturated heterocycles. The number of hydrogen-bond acceptors (Lipinski definition) is 3. The van der Waals surface area contributed by atoms with Crippen molar-refractivity contribution in [3.63, 3.8) is 0 Å². The third kappa shape index (κ3) is 6.23. The van der Waals surface area contributed by atoms with Gasteiger partial charge in [-0.3, -0.25) is 4.79 Å². The lowest BCUT2D eigenvalue weighted by molar-refractivity contribution is -0.121. The van der Waals surface area contributed by atoms with Crippen LogP contribution in [0, 0.1) is 13.8 Å². The summed E-state index contributed by atoms with van der Waals surface area (Å²) in [5.41, 5.74) is 5.18. The van der Waals surface area contributed by atoms with Crippen LogP contribution in [-0.2, 0) is 17.8 Å². The molecule has 0 saturated carbocycles. The van der Waals surface area contributed by atoms with E-state index in [2.05, 4.69) is 16.0 Å².